The van der Waals surface area contributed by atoms with Crippen LogP contribution in [0.1, 0.15) is 58.4 Å². The van der Waals surface area contributed by atoms with Gasteiger partial charge in [0, 0.05) is 15.9 Å². The lowest BCUT2D eigenvalue weighted by Crippen LogP contribution is -2.10. The van der Waals surface area contributed by atoms with Gasteiger partial charge in [-0.2, -0.15) is 0 Å². The molecule has 1 aliphatic heterocycles. The summed E-state index contributed by atoms with van der Waals surface area (Å²) in [6.07, 6.45) is 1.73. The summed E-state index contributed by atoms with van der Waals surface area (Å²) in [5.74, 6) is 0.139. The number of allylic oxidation sites excluding steroid dienone is 1. The largest absolute Gasteiger partial charge is 0.452 e. The molecule has 0 aliphatic carbocycles. The van der Waals surface area contributed by atoms with E-state index in [9.17, 15) is 9.59 Å². The first kappa shape index (κ1) is 23.1. The minimum atomic E-state index is -0.629. The maximum absolute atomic E-state index is 13.0. The molecule has 0 fully saturated rings. The van der Waals surface area contributed by atoms with E-state index in [0.717, 1.165) is 15.4 Å². The van der Waals surface area contributed by atoms with Crippen LogP contribution in [-0.2, 0) is 5.41 Å². The van der Waals surface area contributed by atoms with E-state index in [1.807, 2.05) is 24.3 Å². The quantitative estimate of drug-likeness (QED) is 0.154. The van der Waals surface area contributed by atoms with Crippen molar-refractivity contribution in [1.82, 2.24) is 0 Å². The van der Waals surface area contributed by atoms with Gasteiger partial charge in [-0.25, -0.2) is 4.79 Å². The molecule has 5 nitrogen and oxygen atoms in total. The molecule has 0 amide bonds. The van der Waals surface area contributed by atoms with Crippen molar-refractivity contribution < 1.29 is 23.5 Å². The number of carbonyl (C=O) groups is 2. The molecule has 3 aromatic carbocycles. The number of hydrogen-bond donors (Lipinski definition) is 0. The lowest BCUT2D eigenvalue weighted by molar-refractivity contribution is 0.0703. The number of rotatable bonds is 3. The number of carbonyl (C=O) groups excluding carboxylic acids is 2. The van der Waals surface area contributed by atoms with E-state index >= 15 is 0 Å². The third-order valence-electron chi connectivity index (χ3n) is 5.91. The zero-order valence-corrected chi connectivity index (χ0v) is 21.4. The van der Waals surface area contributed by atoms with Gasteiger partial charge in [0.15, 0.2) is 5.76 Å². The molecule has 0 radical (unpaired) electrons. The number of esters is 1. The first-order valence-corrected chi connectivity index (χ1v) is 12.0. The van der Waals surface area contributed by atoms with Crippen LogP contribution in [0, 0.1) is 6.92 Å². The Morgan fingerprint density at radius 2 is 1.74 bits per heavy atom. The van der Waals surface area contributed by atoms with Crippen LogP contribution in [0.4, 0.5) is 0 Å². The van der Waals surface area contributed by atoms with E-state index in [1.165, 1.54) is 5.56 Å². The molecule has 0 N–H and O–H groups in total. The van der Waals surface area contributed by atoms with E-state index in [-0.39, 0.29) is 28.5 Å². The highest BCUT2D eigenvalue weighted by Gasteiger charge is 2.30. The third kappa shape index (κ3) is 4.54. The molecule has 0 unspecified atom stereocenters. The molecule has 176 valence electrons. The summed E-state index contributed by atoms with van der Waals surface area (Å²) < 4.78 is 17.9. The van der Waals surface area contributed by atoms with Gasteiger partial charge in [-0.15, -0.1) is 0 Å². The van der Waals surface area contributed by atoms with Crippen LogP contribution >= 0.6 is 15.9 Å². The highest BCUT2D eigenvalue weighted by Crippen LogP contribution is 2.38. The Balaban J connectivity index is 1.38. The zero-order valence-electron chi connectivity index (χ0n) is 19.8. The van der Waals surface area contributed by atoms with Crippen molar-refractivity contribution in [1.29, 1.82) is 0 Å². The molecule has 0 atom stereocenters. The average Bonchev–Trinajstić information content (AvgIpc) is 3.34. The highest BCUT2D eigenvalue weighted by molar-refractivity contribution is 9.10. The normalized spacial score (nSPS) is 14.3. The molecule has 0 spiro atoms. The molecule has 2 heterocycles. The number of halogens is 1. The molecular formula is C29H23BrO5. The molecule has 0 saturated heterocycles. The molecule has 4 aromatic rings. The molecule has 0 saturated carbocycles. The second-order valence-electron chi connectivity index (χ2n) is 9.61. The van der Waals surface area contributed by atoms with Gasteiger partial charge < -0.3 is 13.9 Å². The van der Waals surface area contributed by atoms with Gasteiger partial charge >= 0.3 is 5.97 Å². The van der Waals surface area contributed by atoms with E-state index in [1.54, 1.807) is 37.3 Å². The fourth-order valence-electron chi connectivity index (χ4n) is 4.04. The summed E-state index contributed by atoms with van der Waals surface area (Å²) in [7, 11) is 0. The summed E-state index contributed by atoms with van der Waals surface area (Å²) in [5, 5.41) is 0.788. The highest BCUT2D eigenvalue weighted by atomic mass is 79.9. The summed E-state index contributed by atoms with van der Waals surface area (Å²) in [6.45, 7) is 8.25. The number of furan rings is 1. The van der Waals surface area contributed by atoms with E-state index in [4.69, 9.17) is 13.9 Å². The fourth-order valence-corrected chi connectivity index (χ4v) is 4.42. The fraction of sp³-hybridized carbons (Fsp3) is 0.172. The molecule has 5 rings (SSSR count). The van der Waals surface area contributed by atoms with Crippen molar-refractivity contribution >= 4 is 44.7 Å². The van der Waals surface area contributed by atoms with Crippen molar-refractivity contribution in [2.45, 2.75) is 33.1 Å². The average molecular weight is 531 g/mol. The molecule has 0 bridgehead atoms. The third-order valence-corrected chi connectivity index (χ3v) is 6.40. The first-order valence-electron chi connectivity index (χ1n) is 11.2. The summed E-state index contributed by atoms with van der Waals surface area (Å²) in [4.78, 5) is 25.7. The number of aryl methyl sites for hydroxylation is 1. The molecule has 6 heteroatoms. The van der Waals surface area contributed by atoms with E-state index in [2.05, 4.69) is 48.8 Å². The van der Waals surface area contributed by atoms with Crippen LogP contribution in [0.3, 0.4) is 0 Å². The minimum Gasteiger partial charge on any atom is -0.452 e. The number of hydrogen-bond acceptors (Lipinski definition) is 5. The molecule has 35 heavy (non-hydrogen) atoms. The second-order valence-corrected chi connectivity index (χ2v) is 10.5. The topological polar surface area (TPSA) is 65.7 Å². The lowest BCUT2D eigenvalue weighted by Gasteiger charge is -2.18. The summed E-state index contributed by atoms with van der Waals surface area (Å²) in [6, 6.07) is 18.4. The summed E-state index contributed by atoms with van der Waals surface area (Å²) in [5.41, 5.74) is 3.85. The maximum Gasteiger partial charge on any atom is 0.379 e. The van der Waals surface area contributed by atoms with Crippen molar-refractivity contribution in [2.75, 3.05) is 0 Å². The Bertz CT molecular complexity index is 1520. The van der Waals surface area contributed by atoms with E-state index < -0.39 is 5.97 Å². The van der Waals surface area contributed by atoms with Crippen molar-refractivity contribution in [3.63, 3.8) is 0 Å². The van der Waals surface area contributed by atoms with Crippen molar-refractivity contribution in [3.8, 4) is 11.5 Å². The molecule has 1 aromatic heterocycles. The molecule has 1 aliphatic rings. The number of ether oxygens (including phenoxy) is 2. The monoisotopic (exact) mass is 530 g/mol. The standard InChI is InChI=1S/C29H23BrO5/c1-16-11-21(33-28(32)25-14-18-13-20(30)9-10-22(18)34-25)15-23-26(16)27(31)24(35-23)12-17-5-7-19(8-6-17)29(2,3)4/h5-15H,1-4H3/b24-12-. The van der Waals surface area contributed by atoms with Gasteiger partial charge in [0.1, 0.15) is 17.1 Å². The first-order chi connectivity index (χ1) is 16.6. The number of fused-ring (bicyclic) bond motifs is 2. The van der Waals surface area contributed by atoms with Crippen LogP contribution < -0.4 is 9.47 Å². The predicted octanol–water partition coefficient (Wildman–Crippen LogP) is 7.64. The Morgan fingerprint density at radius 3 is 2.46 bits per heavy atom. The Labute approximate surface area is 211 Å². The van der Waals surface area contributed by atoms with Crippen molar-refractivity contribution in [2.24, 2.45) is 0 Å². The van der Waals surface area contributed by atoms with E-state index in [0.29, 0.717) is 22.5 Å². The minimum absolute atomic E-state index is 0.0474. The number of ketones is 1. The van der Waals surface area contributed by atoms with Crippen LogP contribution in [0.15, 0.2) is 75.3 Å². The Hall–Kier alpha value is -3.64. The molecular weight excluding hydrogens is 508 g/mol. The second kappa shape index (κ2) is 8.54. The Morgan fingerprint density at radius 1 is 1.00 bits per heavy atom. The van der Waals surface area contributed by atoms with Crippen LogP contribution in [0.25, 0.3) is 17.0 Å². The number of benzene rings is 3. The SMILES string of the molecule is Cc1cc(OC(=O)c2cc3cc(Br)ccc3o2)cc2c1C(=O)/C(=C/c1ccc(C(C)(C)C)cc1)O2. The van der Waals surface area contributed by atoms with Gasteiger partial charge in [-0.1, -0.05) is 61.0 Å². The van der Waals surface area contributed by atoms with Gasteiger partial charge in [0.25, 0.3) is 0 Å². The van der Waals surface area contributed by atoms with Crippen LogP contribution in [0.2, 0.25) is 0 Å². The van der Waals surface area contributed by atoms with Crippen LogP contribution in [0.5, 0.6) is 11.5 Å². The van der Waals surface area contributed by atoms with Gasteiger partial charge in [-0.3, -0.25) is 4.79 Å². The smallest absolute Gasteiger partial charge is 0.379 e. The summed E-state index contributed by atoms with van der Waals surface area (Å²) >= 11 is 3.41. The van der Waals surface area contributed by atoms with Crippen molar-refractivity contribution in [3.05, 3.63) is 98.9 Å². The predicted molar refractivity (Wildman–Crippen MR) is 138 cm³/mol. The zero-order chi connectivity index (χ0) is 24.9. The lowest BCUT2D eigenvalue weighted by atomic mass is 9.86. The van der Waals surface area contributed by atoms with Gasteiger partial charge in [0.05, 0.1) is 5.56 Å². The number of Topliss-reactive ketones (excluding diaryl/α,β-unsaturated/α-hetero) is 1. The van der Waals surface area contributed by atoms with Crippen LogP contribution in [-0.4, -0.2) is 11.8 Å². The van der Waals surface area contributed by atoms with Gasteiger partial charge in [0.2, 0.25) is 11.5 Å². The Kier molecular flexibility index (Phi) is 5.64. The van der Waals surface area contributed by atoms with Gasteiger partial charge in [-0.05, 0) is 65.4 Å². The maximum atomic E-state index is 13.0.